The smallest absolute Gasteiger partial charge is 0.325 e. The summed E-state index contributed by atoms with van der Waals surface area (Å²) >= 11 is 0. The maximum Gasteiger partial charge on any atom is 0.325 e. The van der Waals surface area contributed by atoms with E-state index in [4.69, 9.17) is 9.15 Å². The Morgan fingerprint density at radius 2 is 1.78 bits per heavy atom. The van der Waals surface area contributed by atoms with Crippen molar-refractivity contribution < 1.29 is 18.7 Å². The summed E-state index contributed by atoms with van der Waals surface area (Å²) in [5.41, 5.74) is 3.32. The second kappa shape index (κ2) is 6.35. The molecule has 0 amide bonds. The lowest BCUT2D eigenvalue weighted by Gasteiger charge is -2.04. The van der Waals surface area contributed by atoms with Gasteiger partial charge in [0, 0.05) is 5.56 Å². The van der Waals surface area contributed by atoms with Crippen LogP contribution in [0.1, 0.15) is 16.7 Å². The minimum atomic E-state index is -0.499. The molecule has 4 rings (SSSR count). The summed E-state index contributed by atoms with van der Waals surface area (Å²) in [6.45, 7) is 5.26. The molecule has 27 heavy (non-hydrogen) atoms. The standard InChI is InChI=1S/C20H15FN3O3/c1-10-4-5-16(14(21)6-10)26-20-22-9-15-19(24-20)27-18(23-15)13-7-11(2)17(25)12(3)8-13/h4-9H,1-3H3. The number of benzene rings is 2. The van der Waals surface area contributed by atoms with Crippen molar-refractivity contribution in [3.05, 3.63) is 59.0 Å². The fourth-order valence-electron chi connectivity index (χ4n) is 2.75. The Labute approximate surface area is 154 Å². The Bertz CT molecular complexity index is 1150. The van der Waals surface area contributed by atoms with Crippen molar-refractivity contribution in [1.82, 2.24) is 15.0 Å². The third-order valence-corrected chi connectivity index (χ3v) is 4.12. The van der Waals surface area contributed by atoms with Crippen LogP contribution in [0.2, 0.25) is 0 Å². The summed E-state index contributed by atoms with van der Waals surface area (Å²) in [6.07, 6.45) is 1.44. The first kappa shape index (κ1) is 17.0. The van der Waals surface area contributed by atoms with Crippen LogP contribution >= 0.6 is 0 Å². The molecular formula is C20H15FN3O3. The highest BCUT2D eigenvalue weighted by Crippen LogP contribution is 2.31. The molecule has 0 aliphatic carbocycles. The summed E-state index contributed by atoms with van der Waals surface area (Å²) in [7, 11) is 0. The van der Waals surface area contributed by atoms with Gasteiger partial charge in [-0.2, -0.15) is 4.98 Å². The van der Waals surface area contributed by atoms with E-state index in [1.54, 1.807) is 39.0 Å². The van der Waals surface area contributed by atoms with Crippen LogP contribution in [0.3, 0.4) is 0 Å². The van der Waals surface area contributed by atoms with Gasteiger partial charge < -0.3 is 9.15 Å². The minimum absolute atomic E-state index is 0.00883. The number of hydrogen-bond acceptors (Lipinski definition) is 5. The largest absolute Gasteiger partial charge is 0.421 e. The van der Waals surface area contributed by atoms with Gasteiger partial charge in [0.05, 0.1) is 6.20 Å². The summed E-state index contributed by atoms with van der Waals surface area (Å²) < 4.78 is 25.1. The number of aryl methyl sites for hydroxylation is 3. The van der Waals surface area contributed by atoms with Crippen LogP contribution in [0.5, 0.6) is 17.5 Å². The molecule has 0 N–H and O–H groups in total. The number of halogens is 1. The van der Waals surface area contributed by atoms with Crippen molar-refractivity contribution in [2.45, 2.75) is 20.8 Å². The van der Waals surface area contributed by atoms with Crippen LogP contribution in [0.4, 0.5) is 4.39 Å². The van der Waals surface area contributed by atoms with Gasteiger partial charge >= 0.3 is 6.01 Å². The van der Waals surface area contributed by atoms with Gasteiger partial charge in [0.25, 0.3) is 5.71 Å². The lowest BCUT2D eigenvalue weighted by molar-refractivity contribution is 0.348. The van der Waals surface area contributed by atoms with Crippen molar-refractivity contribution in [3.8, 4) is 29.0 Å². The molecule has 0 bridgehead atoms. The van der Waals surface area contributed by atoms with E-state index in [2.05, 4.69) is 15.0 Å². The highest BCUT2D eigenvalue weighted by molar-refractivity contribution is 5.72. The van der Waals surface area contributed by atoms with Crippen molar-refractivity contribution in [1.29, 1.82) is 0 Å². The zero-order valence-electron chi connectivity index (χ0n) is 14.9. The molecule has 0 spiro atoms. The molecule has 6 nitrogen and oxygen atoms in total. The molecular weight excluding hydrogens is 349 g/mol. The van der Waals surface area contributed by atoms with Gasteiger partial charge in [-0.25, -0.2) is 14.4 Å². The monoisotopic (exact) mass is 364 g/mol. The Balaban J connectivity index is 1.70. The summed E-state index contributed by atoms with van der Waals surface area (Å²) in [6, 6.07) is 7.99. The molecule has 135 valence electrons. The van der Waals surface area contributed by atoms with Gasteiger partial charge in [-0.3, -0.25) is 5.11 Å². The first-order valence-electron chi connectivity index (χ1n) is 8.27. The molecule has 0 atom stereocenters. The second-order valence-electron chi connectivity index (χ2n) is 6.34. The van der Waals surface area contributed by atoms with Crippen molar-refractivity contribution in [3.63, 3.8) is 0 Å². The number of oxazole rings is 1. The van der Waals surface area contributed by atoms with E-state index < -0.39 is 5.82 Å². The maximum atomic E-state index is 13.9. The van der Waals surface area contributed by atoms with E-state index in [0.29, 0.717) is 28.1 Å². The van der Waals surface area contributed by atoms with Gasteiger partial charge in [0.1, 0.15) is 5.52 Å². The predicted octanol–water partition coefficient (Wildman–Crippen LogP) is 5.29. The molecule has 0 fully saturated rings. The van der Waals surface area contributed by atoms with Crippen molar-refractivity contribution in [2.24, 2.45) is 0 Å². The SMILES string of the molecule is Cc1ccc(Oc2ncc3nc(-c4cc(C)c([O])c(C)c4)oc3n2)c(F)c1. The van der Waals surface area contributed by atoms with Crippen molar-refractivity contribution >= 4 is 11.2 Å². The normalized spacial score (nSPS) is 11.1. The Morgan fingerprint density at radius 3 is 2.48 bits per heavy atom. The third kappa shape index (κ3) is 3.19. The number of rotatable bonds is 3. The van der Waals surface area contributed by atoms with Crippen LogP contribution in [0.15, 0.2) is 40.9 Å². The van der Waals surface area contributed by atoms with E-state index in [1.807, 2.05) is 0 Å². The lowest BCUT2D eigenvalue weighted by Crippen LogP contribution is -1.94. The molecule has 2 aromatic heterocycles. The van der Waals surface area contributed by atoms with Gasteiger partial charge in [-0.05, 0) is 61.7 Å². The highest BCUT2D eigenvalue weighted by Gasteiger charge is 2.15. The molecule has 1 radical (unpaired) electrons. The number of fused-ring (bicyclic) bond motifs is 1. The highest BCUT2D eigenvalue weighted by atomic mass is 19.1. The molecule has 4 aromatic rings. The maximum absolute atomic E-state index is 13.9. The number of ether oxygens (including phenoxy) is 1. The molecule has 0 aliphatic heterocycles. The van der Waals surface area contributed by atoms with E-state index in [1.165, 1.54) is 18.3 Å². The second-order valence-corrected chi connectivity index (χ2v) is 6.34. The Kier molecular flexibility index (Phi) is 3.99. The van der Waals surface area contributed by atoms with E-state index in [-0.39, 0.29) is 23.2 Å². The Hall–Kier alpha value is -3.48. The average molecular weight is 364 g/mol. The van der Waals surface area contributed by atoms with Crippen molar-refractivity contribution in [2.75, 3.05) is 0 Å². The third-order valence-electron chi connectivity index (χ3n) is 4.12. The average Bonchev–Trinajstić information content (AvgIpc) is 3.05. The van der Waals surface area contributed by atoms with Gasteiger partial charge in [0.15, 0.2) is 17.3 Å². The first-order valence-corrected chi connectivity index (χ1v) is 8.27. The zero-order chi connectivity index (χ0) is 19.1. The van der Waals surface area contributed by atoms with Gasteiger partial charge in [0.2, 0.25) is 5.89 Å². The predicted molar refractivity (Wildman–Crippen MR) is 95.9 cm³/mol. The molecule has 2 aromatic carbocycles. The molecule has 0 unspecified atom stereocenters. The number of nitrogens with zero attached hydrogens (tertiary/aromatic N) is 3. The number of hydrogen-bond donors (Lipinski definition) is 0. The molecule has 7 heteroatoms. The van der Waals surface area contributed by atoms with Crippen LogP contribution in [0, 0.1) is 26.6 Å². The summed E-state index contributed by atoms with van der Waals surface area (Å²) in [5.74, 6) is -0.160. The molecule has 0 aliphatic rings. The summed E-state index contributed by atoms with van der Waals surface area (Å²) in [5, 5.41) is 11.9. The van der Waals surface area contributed by atoms with Gasteiger partial charge in [-0.15, -0.1) is 0 Å². The van der Waals surface area contributed by atoms with Crippen LogP contribution < -0.4 is 4.74 Å². The van der Waals surface area contributed by atoms with Crippen LogP contribution in [0.25, 0.3) is 22.7 Å². The minimum Gasteiger partial charge on any atom is -0.421 e. The molecule has 2 heterocycles. The fourth-order valence-corrected chi connectivity index (χ4v) is 2.75. The topological polar surface area (TPSA) is 80.9 Å². The van der Waals surface area contributed by atoms with E-state index >= 15 is 0 Å². The molecule has 0 saturated carbocycles. The van der Waals surface area contributed by atoms with Crippen LogP contribution in [-0.2, 0) is 5.11 Å². The summed E-state index contributed by atoms with van der Waals surface area (Å²) in [4.78, 5) is 12.5. The lowest BCUT2D eigenvalue weighted by atomic mass is 10.1. The Morgan fingerprint density at radius 1 is 1.04 bits per heavy atom. The molecule has 0 saturated heterocycles. The van der Waals surface area contributed by atoms with Gasteiger partial charge in [-0.1, -0.05) is 6.07 Å². The number of aromatic nitrogens is 3. The van der Waals surface area contributed by atoms with Crippen LogP contribution in [-0.4, -0.2) is 15.0 Å². The van der Waals surface area contributed by atoms with E-state index in [9.17, 15) is 9.50 Å². The zero-order valence-corrected chi connectivity index (χ0v) is 14.9. The fraction of sp³-hybridized carbons (Fsp3) is 0.150. The first-order chi connectivity index (χ1) is 12.9. The van der Waals surface area contributed by atoms with E-state index in [0.717, 1.165) is 5.56 Å². The quantitative estimate of drug-likeness (QED) is 0.494.